The van der Waals surface area contributed by atoms with Gasteiger partial charge >= 0.3 is 0 Å². The summed E-state index contributed by atoms with van der Waals surface area (Å²) in [6.07, 6.45) is 0. The third-order valence-electron chi connectivity index (χ3n) is 4.02. The first kappa shape index (κ1) is 15.3. The van der Waals surface area contributed by atoms with Crippen LogP contribution in [-0.4, -0.2) is 36.1 Å². The summed E-state index contributed by atoms with van der Waals surface area (Å²) in [6.45, 7) is 6.04. The van der Waals surface area contributed by atoms with Crippen LogP contribution in [0.2, 0.25) is 5.02 Å². The van der Waals surface area contributed by atoms with Gasteiger partial charge in [-0.3, -0.25) is 0 Å². The second-order valence-electron chi connectivity index (χ2n) is 5.63. The van der Waals surface area contributed by atoms with Crippen LogP contribution in [0.25, 0.3) is 0 Å². The smallest absolute Gasteiger partial charge is 0.109 e. The molecule has 114 valence electrons. The number of aryl methyl sites for hydroxylation is 1. The predicted molar refractivity (Wildman–Crippen MR) is 98.1 cm³/mol. The Hall–Kier alpha value is -1.58. The van der Waals surface area contributed by atoms with Crippen molar-refractivity contribution in [3.8, 4) is 0 Å². The van der Waals surface area contributed by atoms with Crippen molar-refractivity contribution in [2.45, 2.75) is 6.92 Å². The highest BCUT2D eigenvalue weighted by molar-refractivity contribution is 7.80. The fourth-order valence-electron chi connectivity index (χ4n) is 2.77. The molecule has 0 aromatic heterocycles. The molecule has 4 heteroatoms. The minimum absolute atomic E-state index is 0.746. The number of halogens is 1. The molecular weight excluding hydrogens is 312 g/mol. The van der Waals surface area contributed by atoms with Crippen molar-refractivity contribution < 1.29 is 0 Å². The SMILES string of the molecule is Cc1cccc(N2CCN(C(=S)c3ccc(Cl)cc3)CC2)c1. The monoisotopic (exact) mass is 330 g/mol. The number of thiocarbonyl (C=S) groups is 1. The average Bonchev–Trinajstić information content (AvgIpc) is 2.55. The molecule has 1 heterocycles. The maximum Gasteiger partial charge on any atom is 0.109 e. The average molecular weight is 331 g/mol. The normalized spacial score (nSPS) is 15.0. The molecule has 2 nitrogen and oxygen atoms in total. The Balaban J connectivity index is 1.64. The zero-order chi connectivity index (χ0) is 15.5. The highest BCUT2D eigenvalue weighted by Crippen LogP contribution is 2.19. The molecule has 0 atom stereocenters. The molecule has 0 unspecified atom stereocenters. The summed E-state index contributed by atoms with van der Waals surface area (Å²) >= 11 is 11.6. The summed E-state index contributed by atoms with van der Waals surface area (Å²) in [4.78, 5) is 5.62. The van der Waals surface area contributed by atoms with Crippen molar-refractivity contribution in [3.63, 3.8) is 0 Å². The topological polar surface area (TPSA) is 6.48 Å². The second kappa shape index (κ2) is 6.67. The number of anilines is 1. The van der Waals surface area contributed by atoms with Crippen molar-refractivity contribution in [1.29, 1.82) is 0 Å². The first-order valence-electron chi connectivity index (χ1n) is 7.50. The van der Waals surface area contributed by atoms with Crippen molar-refractivity contribution >= 4 is 34.5 Å². The number of hydrogen-bond donors (Lipinski definition) is 0. The van der Waals surface area contributed by atoms with Gasteiger partial charge in [-0.15, -0.1) is 0 Å². The van der Waals surface area contributed by atoms with Crippen LogP contribution in [0.5, 0.6) is 0 Å². The van der Waals surface area contributed by atoms with Crippen molar-refractivity contribution in [3.05, 3.63) is 64.7 Å². The van der Waals surface area contributed by atoms with Gasteiger partial charge in [0.25, 0.3) is 0 Å². The van der Waals surface area contributed by atoms with Crippen LogP contribution in [0.1, 0.15) is 11.1 Å². The van der Waals surface area contributed by atoms with Gasteiger partial charge in [0, 0.05) is 42.5 Å². The quantitative estimate of drug-likeness (QED) is 0.764. The van der Waals surface area contributed by atoms with E-state index in [0.717, 1.165) is 41.8 Å². The van der Waals surface area contributed by atoms with Gasteiger partial charge in [-0.2, -0.15) is 0 Å². The Kier molecular flexibility index (Phi) is 4.65. The van der Waals surface area contributed by atoms with Crippen LogP contribution in [0.15, 0.2) is 48.5 Å². The minimum atomic E-state index is 0.746. The Morgan fingerprint density at radius 2 is 1.68 bits per heavy atom. The lowest BCUT2D eigenvalue weighted by atomic mass is 10.1. The summed E-state index contributed by atoms with van der Waals surface area (Å²) in [7, 11) is 0. The van der Waals surface area contributed by atoms with E-state index in [1.165, 1.54) is 11.3 Å². The van der Waals surface area contributed by atoms with E-state index in [0.29, 0.717) is 0 Å². The molecule has 0 aliphatic carbocycles. The van der Waals surface area contributed by atoms with E-state index in [-0.39, 0.29) is 0 Å². The maximum atomic E-state index is 5.94. The van der Waals surface area contributed by atoms with Gasteiger partial charge in [0.1, 0.15) is 4.99 Å². The zero-order valence-corrected chi connectivity index (χ0v) is 14.2. The summed E-state index contributed by atoms with van der Waals surface area (Å²) in [5.41, 5.74) is 3.68. The van der Waals surface area contributed by atoms with E-state index < -0.39 is 0 Å². The second-order valence-corrected chi connectivity index (χ2v) is 6.45. The zero-order valence-electron chi connectivity index (χ0n) is 12.6. The number of nitrogens with zero attached hydrogens (tertiary/aromatic N) is 2. The van der Waals surface area contributed by atoms with Gasteiger partial charge < -0.3 is 9.80 Å². The summed E-state index contributed by atoms with van der Waals surface area (Å²) in [5, 5.41) is 0.746. The summed E-state index contributed by atoms with van der Waals surface area (Å²) in [6, 6.07) is 16.5. The van der Waals surface area contributed by atoms with Gasteiger partial charge in [-0.1, -0.05) is 48.1 Å². The highest BCUT2D eigenvalue weighted by atomic mass is 35.5. The van der Waals surface area contributed by atoms with Crippen LogP contribution in [-0.2, 0) is 0 Å². The van der Waals surface area contributed by atoms with E-state index in [1.54, 1.807) is 0 Å². The van der Waals surface area contributed by atoms with Crippen LogP contribution in [0.4, 0.5) is 5.69 Å². The maximum absolute atomic E-state index is 5.94. The van der Waals surface area contributed by atoms with Crippen molar-refractivity contribution in [2.24, 2.45) is 0 Å². The number of benzene rings is 2. The molecule has 1 aliphatic rings. The third-order valence-corrected chi connectivity index (χ3v) is 4.77. The lowest BCUT2D eigenvalue weighted by Crippen LogP contribution is -2.48. The number of piperazine rings is 1. The van der Waals surface area contributed by atoms with Crippen LogP contribution in [0.3, 0.4) is 0 Å². The van der Waals surface area contributed by atoms with E-state index in [4.69, 9.17) is 23.8 Å². The third kappa shape index (κ3) is 3.42. The molecule has 0 saturated carbocycles. The standard InChI is InChI=1S/C18H19ClN2S/c1-14-3-2-4-17(13-14)20-9-11-21(12-10-20)18(22)15-5-7-16(19)8-6-15/h2-8,13H,9-12H2,1H3. The molecule has 0 radical (unpaired) electrons. The molecule has 1 saturated heterocycles. The number of rotatable bonds is 2. The Morgan fingerprint density at radius 3 is 2.32 bits per heavy atom. The Labute approximate surface area is 142 Å². The number of hydrogen-bond acceptors (Lipinski definition) is 2. The Morgan fingerprint density at radius 1 is 1.00 bits per heavy atom. The van der Waals surface area contributed by atoms with Gasteiger partial charge in [0.15, 0.2) is 0 Å². The van der Waals surface area contributed by atoms with Crippen molar-refractivity contribution in [2.75, 3.05) is 31.1 Å². The molecule has 3 rings (SSSR count). The van der Waals surface area contributed by atoms with E-state index in [1.807, 2.05) is 24.3 Å². The summed E-state index contributed by atoms with van der Waals surface area (Å²) in [5.74, 6) is 0. The van der Waals surface area contributed by atoms with E-state index in [9.17, 15) is 0 Å². The molecule has 0 N–H and O–H groups in total. The van der Waals surface area contributed by atoms with Gasteiger partial charge in [0.2, 0.25) is 0 Å². The fourth-order valence-corrected chi connectivity index (χ4v) is 3.21. The molecule has 1 fully saturated rings. The molecule has 0 amide bonds. The molecule has 0 spiro atoms. The predicted octanol–water partition coefficient (Wildman–Crippen LogP) is 4.15. The molecule has 0 bridgehead atoms. The lowest BCUT2D eigenvalue weighted by Gasteiger charge is -2.37. The van der Waals surface area contributed by atoms with Gasteiger partial charge in [0.05, 0.1) is 0 Å². The fraction of sp³-hybridized carbons (Fsp3) is 0.278. The van der Waals surface area contributed by atoms with Crippen LogP contribution >= 0.6 is 23.8 Å². The van der Waals surface area contributed by atoms with Crippen LogP contribution < -0.4 is 4.90 Å². The molecule has 1 aliphatic heterocycles. The first-order valence-corrected chi connectivity index (χ1v) is 8.28. The van der Waals surface area contributed by atoms with Crippen LogP contribution in [0, 0.1) is 6.92 Å². The highest BCUT2D eigenvalue weighted by Gasteiger charge is 2.19. The largest absolute Gasteiger partial charge is 0.368 e. The lowest BCUT2D eigenvalue weighted by molar-refractivity contribution is 0.392. The molecular formula is C18H19ClN2S. The van der Waals surface area contributed by atoms with Gasteiger partial charge in [-0.05, 0) is 36.8 Å². The molecule has 22 heavy (non-hydrogen) atoms. The Bertz CT molecular complexity index is 661. The molecule has 2 aromatic rings. The van der Waals surface area contributed by atoms with E-state index in [2.05, 4.69) is 41.0 Å². The minimum Gasteiger partial charge on any atom is -0.368 e. The van der Waals surface area contributed by atoms with E-state index >= 15 is 0 Å². The first-order chi connectivity index (χ1) is 10.6. The molecule has 2 aromatic carbocycles. The summed E-state index contributed by atoms with van der Waals surface area (Å²) < 4.78 is 0. The van der Waals surface area contributed by atoms with Gasteiger partial charge in [-0.25, -0.2) is 0 Å². The van der Waals surface area contributed by atoms with Crippen molar-refractivity contribution in [1.82, 2.24) is 4.90 Å².